The van der Waals surface area contributed by atoms with Gasteiger partial charge < -0.3 is 9.47 Å². The molecule has 2 atom stereocenters. The second kappa shape index (κ2) is 7.19. The number of fused-ring (bicyclic) bond motifs is 1. The van der Waals surface area contributed by atoms with Gasteiger partial charge in [0.2, 0.25) is 0 Å². The van der Waals surface area contributed by atoms with Crippen LogP contribution in [-0.2, 0) is 4.74 Å². The molecule has 0 amide bonds. The number of rotatable bonds is 4. The Balaban J connectivity index is 1.53. The number of halogens is 2. The maximum absolute atomic E-state index is 6.11. The maximum Gasteiger partial charge on any atom is 0.139 e. The lowest BCUT2D eigenvalue weighted by molar-refractivity contribution is -0.0901. The zero-order valence-electron chi connectivity index (χ0n) is 12.1. The Kier molecular flexibility index (Phi) is 5.28. The van der Waals surface area contributed by atoms with Crippen LogP contribution in [0.2, 0.25) is 10.0 Å². The van der Waals surface area contributed by atoms with Crippen molar-refractivity contribution in [3.05, 3.63) is 28.2 Å². The predicted molar refractivity (Wildman–Crippen MR) is 85.5 cm³/mol. The quantitative estimate of drug-likeness (QED) is 0.832. The monoisotopic (exact) mass is 329 g/mol. The van der Waals surface area contributed by atoms with E-state index in [0.29, 0.717) is 34.5 Å². The van der Waals surface area contributed by atoms with Crippen LogP contribution in [0.15, 0.2) is 18.2 Å². The molecule has 1 saturated carbocycles. The second-order valence-electron chi connectivity index (χ2n) is 5.72. The van der Waals surface area contributed by atoms with E-state index >= 15 is 0 Å². The average molecular weight is 330 g/mol. The molecule has 0 bridgehead atoms. The van der Waals surface area contributed by atoms with Crippen LogP contribution in [0.5, 0.6) is 5.75 Å². The largest absolute Gasteiger partial charge is 0.491 e. The number of ether oxygens (including phenoxy) is 2. The first-order chi connectivity index (χ1) is 10.2. The van der Waals surface area contributed by atoms with Gasteiger partial charge in [-0.05, 0) is 25.0 Å². The molecule has 0 aromatic heterocycles. The van der Waals surface area contributed by atoms with Crippen molar-refractivity contribution in [3.8, 4) is 5.75 Å². The molecule has 3 rings (SSSR count). The van der Waals surface area contributed by atoms with E-state index in [1.807, 2.05) is 0 Å². The zero-order chi connectivity index (χ0) is 14.7. The van der Waals surface area contributed by atoms with Gasteiger partial charge in [-0.1, -0.05) is 36.0 Å². The number of nitrogens with zero attached hydrogens (tertiary/aromatic N) is 1. The van der Waals surface area contributed by atoms with Gasteiger partial charge in [-0.2, -0.15) is 0 Å². The minimum absolute atomic E-state index is 0.419. The van der Waals surface area contributed by atoms with Crippen molar-refractivity contribution in [1.82, 2.24) is 4.90 Å². The van der Waals surface area contributed by atoms with Crippen LogP contribution in [0.3, 0.4) is 0 Å². The normalized spacial score (nSPS) is 26.4. The van der Waals surface area contributed by atoms with E-state index in [9.17, 15) is 0 Å². The summed E-state index contributed by atoms with van der Waals surface area (Å²) in [5.74, 6) is 0.664. The van der Waals surface area contributed by atoms with Crippen molar-refractivity contribution < 1.29 is 9.47 Å². The molecule has 2 aliphatic rings. The van der Waals surface area contributed by atoms with Crippen LogP contribution in [0.25, 0.3) is 0 Å². The van der Waals surface area contributed by atoms with Crippen molar-refractivity contribution >= 4 is 23.2 Å². The molecular formula is C16H21Cl2NO2. The number of hydrogen-bond donors (Lipinski definition) is 0. The van der Waals surface area contributed by atoms with Crippen molar-refractivity contribution in [2.24, 2.45) is 0 Å². The van der Waals surface area contributed by atoms with Gasteiger partial charge in [-0.3, -0.25) is 4.90 Å². The highest BCUT2D eigenvalue weighted by Crippen LogP contribution is 2.29. The van der Waals surface area contributed by atoms with Gasteiger partial charge in [-0.15, -0.1) is 0 Å². The number of hydrogen-bond acceptors (Lipinski definition) is 3. The number of morpholine rings is 1. The Labute approximate surface area is 136 Å². The van der Waals surface area contributed by atoms with Gasteiger partial charge in [0.05, 0.1) is 17.7 Å². The maximum atomic E-state index is 6.11. The second-order valence-corrected chi connectivity index (χ2v) is 6.56. The zero-order valence-corrected chi connectivity index (χ0v) is 13.6. The summed E-state index contributed by atoms with van der Waals surface area (Å²) < 4.78 is 11.7. The highest BCUT2D eigenvalue weighted by molar-refractivity contribution is 6.34. The molecule has 21 heavy (non-hydrogen) atoms. The van der Waals surface area contributed by atoms with Crippen molar-refractivity contribution in [3.63, 3.8) is 0 Å². The fourth-order valence-corrected chi connectivity index (χ4v) is 3.65. The van der Waals surface area contributed by atoms with Crippen LogP contribution in [0.1, 0.15) is 25.7 Å². The Morgan fingerprint density at radius 1 is 1.24 bits per heavy atom. The minimum atomic E-state index is 0.419. The molecule has 2 fully saturated rings. The summed E-state index contributed by atoms with van der Waals surface area (Å²) in [6, 6.07) is 5.87. The summed E-state index contributed by atoms with van der Waals surface area (Å²) in [4.78, 5) is 2.51. The molecule has 5 heteroatoms. The minimum Gasteiger partial charge on any atom is -0.491 e. The predicted octanol–water partition coefficient (Wildman–Crippen LogP) is 4.02. The molecule has 1 aliphatic carbocycles. The third-order valence-electron chi connectivity index (χ3n) is 4.38. The highest BCUT2D eigenvalue weighted by atomic mass is 35.5. The van der Waals surface area contributed by atoms with Crippen molar-refractivity contribution in [2.75, 3.05) is 26.3 Å². The lowest BCUT2D eigenvalue weighted by Gasteiger charge is -2.43. The van der Waals surface area contributed by atoms with Crippen LogP contribution in [0, 0.1) is 0 Å². The van der Waals surface area contributed by atoms with Crippen molar-refractivity contribution in [1.29, 1.82) is 0 Å². The van der Waals surface area contributed by atoms with Crippen molar-refractivity contribution in [2.45, 2.75) is 37.8 Å². The first kappa shape index (κ1) is 15.4. The van der Waals surface area contributed by atoms with E-state index in [1.165, 1.54) is 25.7 Å². The molecule has 1 aliphatic heterocycles. The smallest absolute Gasteiger partial charge is 0.139 e. The first-order valence-electron chi connectivity index (χ1n) is 7.67. The summed E-state index contributed by atoms with van der Waals surface area (Å²) in [7, 11) is 0. The molecule has 1 aromatic carbocycles. The Morgan fingerprint density at radius 2 is 2.10 bits per heavy atom. The van der Waals surface area contributed by atoms with Gasteiger partial charge in [0.15, 0.2) is 0 Å². The third kappa shape index (κ3) is 3.84. The SMILES string of the molecule is Clc1ccc(Cl)c(OCCN2CCOC3CCCCC32)c1. The van der Waals surface area contributed by atoms with Gasteiger partial charge >= 0.3 is 0 Å². The topological polar surface area (TPSA) is 21.7 Å². The van der Waals surface area contributed by atoms with E-state index < -0.39 is 0 Å². The molecule has 0 spiro atoms. The molecule has 1 heterocycles. The summed E-state index contributed by atoms with van der Waals surface area (Å²) in [5, 5.41) is 1.25. The molecule has 0 N–H and O–H groups in total. The summed E-state index contributed by atoms with van der Waals surface area (Å²) in [6.45, 7) is 3.36. The lowest BCUT2D eigenvalue weighted by atomic mass is 9.90. The standard InChI is InChI=1S/C16H21Cl2NO2/c17-12-5-6-13(18)16(11-12)21-10-8-19-7-9-20-15-4-2-1-3-14(15)19/h5-6,11,14-15H,1-4,7-10H2. The summed E-state index contributed by atoms with van der Waals surface area (Å²) >= 11 is 12.1. The van der Waals surface area contributed by atoms with E-state index in [2.05, 4.69) is 4.90 Å². The van der Waals surface area contributed by atoms with E-state index in [1.54, 1.807) is 18.2 Å². The Hall–Kier alpha value is -0.480. The summed E-state index contributed by atoms with van der Waals surface area (Å²) in [5.41, 5.74) is 0. The van der Waals surface area contributed by atoms with Gasteiger partial charge in [-0.25, -0.2) is 0 Å². The first-order valence-corrected chi connectivity index (χ1v) is 8.43. The fourth-order valence-electron chi connectivity index (χ4n) is 3.31. The van der Waals surface area contributed by atoms with Gasteiger partial charge in [0.1, 0.15) is 12.4 Å². The molecule has 1 saturated heterocycles. The van der Waals surface area contributed by atoms with Crippen LogP contribution in [-0.4, -0.2) is 43.3 Å². The van der Waals surface area contributed by atoms with E-state index in [4.69, 9.17) is 32.7 Å². The fraction of sp³-hybridized carbons (Fsp3) is 0.625. The summed E-state index contributed by atoms with van der Waals surface area (Å²) in [6.07, 6.45) is 5.46. The molecule has 116 valence electrons. The van der Waals surface area contributed by atoms with Gasteiger partial charge in [0, 0.05) is 30.2 Å². The average Bonchev–Trinajstić information content (AvgIpc) is 2.51. The molecule has 3 nitrogen and oxygen atoms in total. The molecular weight excluding hydrogens is 309 g/mol. The molecule has 2 unspecified atom stereocenters. The Morgan fingerprint density at radius 3 is 3.00 bits per heavy atom. The number of benzene rings is 1. The van der Waals surface area contributed by atoms with E-state index in [-0.39, 0.29) is 0 Å². The lowest BCUT2D eigenvalue weighted by Crippen LogP contribution is -2.53. The van der Waals surface area contributed by atoms with Crippen LogP contribution < -0.4 is 4.74 Å². The third-order valence-corrected chi connectivity index (χ3v) is 4.92. The Bertz CT molecular complexity index is 481. The van der Waals surface area contributed by atoms with Crippen LogP contribution in [0.4, 0.5) is 0 Å². The van der Waals surface area contributed by atoms with E-state index in [0.717, 1.165) is 19.7 Å². The van der Waals surface area contributed by atoms with Crippen LogP contribution >= 0.6 is 23.2 Å². The molecule has 1 aromatic rings. The highest BCUT2D eigenvalue weighted by Gasteiger charge is 2.33. The van der Waals surface area contributed by atoms with Gasteiger partial charge in [0.25, 0.3) is 0 Å². The molecule has 0 radical (unpaired) electrons.